The van der Waals surface area contributed by atoms with Gasteiger partial charge in [-0.15, -0.1) is 0 Å². The summed E-state index contributed by atoms with van der Waals surface area (Å²) in [5.41, 5.74) is 4.41. The zero-order chi connectivity index (χ0) is 30.3. The van der Waals surface area contributed by atoms with Gasteiger partial charge in [0.25, 0.3) is 0 Å². The second-order valence-electron chi connectivity index (χ2n) is 17.6. The first-order valence-electron chi connectivity index (χ1n) is 16.9. The topological polar surface area (TPSA) is 46.5 Å². The fraction of sp³-hybridized carbons (Fsp3) is 0.718. The predicted molar refractivity (Wildman–Crippen MR) is 172 cm³/mol. The van der Waals surface area contributed by atoms with E-state index >= 15 is 0 Å². The Hall–Kier alpha value is -2.03. The Balaban J connectivity index is 1.23. The average molecular weight is 573 g/mol. The fourth-order valence-electron chi connectivity index (χ4n) is 12.0. The van der Waals surface area contributed by atoms with Crippen LogP contribution in [-0.2, 0) is 9.53 Å². The molecule has 0 spiro atoms. The Morgan fingerprint density at radius 1 is 0.810 bits per heavy atom. The van der Waals surface area contributed by atoms with E-state index in [1.165, 1.54) is 51.4 Å². The van der Waals surface area contributed by atoms with Crippen molar-refractivity contribution in [3.05, 3.63) is 47.6 Å². The summed E-state index contributed by atoms with van der Waals surface area (Å²) in [6.07, 6.45) is 18.6. The lowest BCUT2D eigenvalue weighted by Gasteiger charge is -2.70. The number of benzene rings is 1. The van der Waals surface area contributed by atoms with E-state index < -0.39 is 0 Å². The molecule has 0 heterocycles. The number of fused-ring (bicyclic) bond motifs is 7. The van der Waals surface area contributed by atoms with Crippen LogP contribution in [0.5, 0.6) is 5.75 Å². The molecule has 3 nitrogen and oxygen atoms in total. The van der Waals surface area contributed by atoms with Crippen LogP contribution in [0, 0.1) is 50.2 Å². The third-order valence-corrected chi connectivity index (χ3v) is 14.2. The first-order valence-corrected chi connectivity index (χ1v) is 16.9. The summed E-state index contributed by atoms with van der Waals surface area (Å²) < 4.78 is 6.21. The molecule has 1 N–H and O–H groups in total. The molecule has 4 saturated carbocycles. The van der Waals surface area contributed by atoms with Crippen molar-refractivity contribution in [1.29, 1.82) is 0 Å². The van der Waals surface area contributed by atoms with Gasteiger partial charge in [0.1, 0.15) is 11.9 Å². The van der Waals surface area contributed by atoms with Gasteiger partial charge >= 0.3 is 5.97 Å². The maximum Gasteiger partial charge on any atom is 0.331 e. The monoisotopic (exact) mass is 572 g/mol. The van der Waals surface area contributed by atoms with E-state index in [1.807, 2.05) is 5.57 Å². The summed E-state index contributed by atoms with van der Waals surface area (Å²) in [5.74, 6) is 1.99. The Bertz CT molecular complexity index is 1280. The molecular weight excluding hydrogens is 516 g/mol. The SMILES string of the molecule is CC1(C)CC[C@]2(C)CC=C3[C@]4(C)CC[C@H]5C(C)(C)[C@@H](OC(=O)/C=C/c6ccc(O)cc6)CC[C@]5(C)[C@H]4CC[C@@]3(C)[C@@H]2C1. The van der Waals surface area contributed by atoms with Crippen molar-refractivity contribution in [1.82, 2.24) is 0 Å². The number of esters is 1. The molecular formula is C39H56O3. The average Bonchev–Trinajstić information content (AvgIpc) is 2.90. The van der Waals surface area contributed by atoms with E-state index in [9.17, 15) is 9.90 Å². The van der Waals surface area contributed by atoms with Crippen molar-refractivity contribution < 1.29 is 14.6 Å². The normalized spacial score (nSPS) is 43.8. The summed E-state index contributed by atoms with van der Waals surface area (Å²) in [7, 11) is 0. The lowest BCUT2D eigenvalue weighted by atomic mass is 9.34. The Labute approximate surface area is 255 Å². The van der Waals surface area contributed by atoms with Gasteiger partial charge in [0.2, 0.25) is 0 Å². The molecule has 8 atom stereocenters. The van der Waals surface area contributed by atoms with Crippen LogP contribution in [0.4, 0.5) is 0 Å². The fourth-order valence-corrected chi connectivity index (χ4v) is 12.0. The second-order valence-corrected chi connectivity index (χ2v) is 17.6. The van der Waals surface area contributed by atoms with Gasteiger partial charge in [-0.05, 0) is 133 Å². The number of hydrogen-bond acceptors (Lipinski definition) is 3. The molecule has 230 valence electrons. The number of allylic oxidation sites excluding steroid dienone is 2. The lowest BCUT2D eigenvalue weighted by molar-refractivity contribution is -0.197. The minimum atomic E-state index is -0.260. The highest BCUT2D eigenvalue weighted by molar-refractivity contribution is 5.87. The van der Waals surface area contributed by atoms with Crippen LogP contribution in [0.3, 0.4) is 0 Å². The Morgan fingerprint density at radius 3 is 2.14 bits per heavy atom. The summed E-state index contributed by atoms with van der Waals surface area (Å²) in [6, 6.07) is 6.89. The van der Waals surface area contributed by atoms with Crippen molar-refractivity contribution in [3.8, 4) is 5.75 Å². The minimum Gasteiger partial charge on any atom is -0.508 e. The van der Waals surface area contributed by atoms with E-state index in [1.54, 1.807) is 36.4 Å². The minimum absolute atomic E-state index is 0.0650. The van der Waals surface area contributed by atoms with E-state index in [4.69, 9.17) is 4.74 Å². The lowest BCUT2D eigenvalue weighted by Crippen LogP contribution is -2.63. The number of carbonyl (C=O) groups excluding carboxylic acids is 1. The molecule has 1 aromatic rings. The van der Waals surface area contributed by atoms with Gasteiger partial charge in [-0.2, -0.15) is 0 Å². The van der Waals surface area contributed by atoms with Crippen molar-refractivity contribution in [2.24, 2.45) is 50.2 Å². The molecule has 6 rings (SSSR count). The molecule has 1 aromatic carbocycles. The standard InChI is InChI=1S/C39H56O3/c1-34(2)23-24-36(5)19-15-29-38(7)20-16-28-35(3,4)32(42-33(41)14-11-26-9-12-27(40)13-10-26)18-22-37(28,6)30(38)17-21-39(29,8)31(36)25-34/h9-15,28,30-32,40H,16-25H2,1-8H3/b14-11+/t28-,30+,31+,32-,36-,37-,38-,39+/m0/s1. The first kappa shape index (κ1) is 30.0. The number of phenols is 1. The largest absolute Gasteiger partial charge is 0.508 e. The maximum atomic E-state index is 13.0. The first-order chi connectivity index (χ1) is 19.5. The van der Waals surface area contributed by atoms with Gasteiger partial charge in [-0.1, -0.05) is 79.2 Å². The van der Waals surface area contributed by atoms with Crippen LogP contribution < -0.4 is 0 Å². The third-order valence-electron chi connectivity index (χ3n) is 14.2. The quantitative estimate of drug-likeness (QED) is 0.223. The Kier molecular flexibility index (Phi) is 6.96. The van der Waals surface area contributed by atoms with Crippen LogP contribution in [-0.4, -0.2) is 17.2 Å². The molecule has 5 aliphatic rings. The molecule has 0 aromatic heterocycles. The molecule has 4 fully saturated rings. The Morgan fingerprint density at radius 2 is 1.45 bits per heavy atom. The van der Waals surface area contributed by atoms with E-state index in [0.717, 1.165) is 24.3 Å². The number of carbonyl (C=O) groups is 1. The highest BCUT2D eigenvalue weighted by Crippen LogP contribution is 2.75. The van der Waals surface area contributed by atoms with E-state index in [2.05, 4.69) is 61.5 Å². The van der Waals surface area contributed by atoms with Crippen molar-refractivity contribution >= 4 is 12.0 Å². The summed E-state index contributed by atoms with van der Waals surface area (Å²) in [6.45, 7) is 20.3. The number of rotatable bonds is 3. The van der Waals surface area contributed by atoms with Gasteiger partial charge in [0, 0.05) is 11.5 Å². The summed E-state index contributed by atoms with van der Waals surface area (Å²) in [4.78, 5) is 13.0. The maximum absolute atomic E-state index is 13.0. The number of ether oxygens (including phenoxy) is 1. The number of aromatic hydroxyl groups is 1. The summed E-state index contributed by atoms with van der Waals surface area (Å²) >= 11 is 0. The van der Waals surface area contributed by atoms with Gasteiger partial charge in [0.05, 0.1) is 0 Å². The van der Waals surface area contributed by atoms with Crippen LogP contribution in [0.1, 0.15) is 125 Å². The zero-order valence-electron chi connectivity index (χ0n) is 27.7. The van der Waals surface area contributed by atoms with Gasteiger partial charge in [-0.25, -0.2) is 4.79 Å². The van der Waals surface area contributed by atoms with Crippen LogP contribution in [0.15, 0.2) is 42.0 Å². The second kappa shape index (κ2) is 9.73. The molecule has 0 aliphatic heterocycles. The molecule has 0 unspecified atom stereocenters. The highest BCUT2D eigenvalue weighted by Gasteiger charge is 2.67. The van der Waals surface area contributed by atoms with Crippen molar-refractivity contribution in [3.63, 3.8) is 0 Å². The zero-order valence-corrected chi connectivity index (χ0v) is 27.7. The number of phenolic OH excluding ortho intramolecular Hbond substituents is 1. The van der Waals surface area contributed by atoms with Crippen molar-refractivity contribution in [2.45, 2.75) is 126 Å². The van der Waals surface area contributed by atoms with Gasteiger partial charge in [0.15, 0.2) is 0 Å². The molecule has 3 heteroatoms. The molecule has 5 aliphatic carbocycles. The summed E-state index contributed by atoms with van der Waals surface area (Å²) in [5, 5.41) is 9.54. The third kappa shape index (κ3) is 4.54. The number of hydrogen-bond donors (Lipinski definition) is 1. The van der Waals surface area contributed by atoms with Crippen LogP contribution in [0.25, 0.3) is 6.08 Å². The molecule has 0 amide bonds. The van der Waals surface area contributed by atoms with Crippen molar-refractivity contribution in [2.75, 3.05) is 0 Å². The highest BCUT2D eigenvalue weighted by atomic mass is 16.5. The molecule has 0 saturated heterocycles. The van der Waals surface area contributed by atoms with Crippen LogP contribution >= 0.6 is 0 Å². The molecule has 0 bridgehead atoms. The molecule has 42 heavy (non-hydrogen) atoms. The van der Waals surface area contributed by atoms with E-state index in [-0.39, 0.29) is 34.1 Å². The van der Waals surface area contributed by atoms with E-state index in [0.29, 0.717) is 28.1 Å². The van der Waals surface area contributed by atoms with Gasteiger partial charge in [-0.3, -0.25) is 0 Å². The molecule has 0 radical (unpaired) electrons. The smallest absolute Gasteiger partial charge is 0.331 e. The van der Waals surface area contributed by atoms with Crippen LogP contribution in [0.2, 0.25) is 0 Å². The van der Waals surface area contributed by atoms with Gasteiger partial charge < -0.3 is 9.84 Å². The predicted octanol–water partition coefficient (Wildman–Crippen LogP) is 10.1.